The lowest BCUT2D eigenvalue weighted by Gasteiger charge is -2.21. The molecule has 0 saturated heterocycles. The highest BCUT2D eigenvalue weighted by atomic mass is 31.2. The van der Waals surface area contributed by atoms with Crippen LogP contribution in [0.15, 0.2) is 97.2 Å². The van der Waals surface area contributed by atoms with Crippen molar-refractivity contribution in [3.8, 4) is 0 Å². The smallest absolute Gasteiger partial charge is 0.462 e. The molecule has 0 amide bonds. The normalized spacial score (nSPS) is 14.5. The predicted octanol–water partition coefficient (Wildman–Crippen LogP) is 22.0. The van der Waals surface area contributed by atoms with E-state index in [4.69, 9.17) is 37.0 Å². The minimum absolute atomic E-state index is 0.0751. The van der Waals surface area contributed by atoms with Gasteiger partial charge in [-0.2, -0.15) is 0 Å². The molecule has 0 rings (SSSR count). The molecule has 98 heavy (non-hydrogen) atoms. The number of phosphoric ester groups is 2. The number of unbranched alkanes of at least 4 members (excludes halogenated alkanes) is 30. The first-order valence-electron chi connectivity index (χ1n) is 38.5. The van der Waals surface area contributed by atoms with E-state index in [-0.39, 0.29) is 25.7 Å². The van der Waals surface area contributed by atoms with Gasteiger partial charge in [-0.25, -0.2) is 9.13 Å². The summed E-state index contributed by atoms with van der Waals surface area (Å²) < 4.78 is 68.5. The third kappa shape index (κ3) is 70.4. The van der Waals surface area contributed by atoms with Crippen molar-refractivity contribution in [2.24, 2.45) is 0 Å². The van der Waals surface area contributed by atoms with Gasteiger partial charge in [-0.15, -0.1) is 0 Å². The van der Waals surface area contributed by atoms with Crippen molar-refractivity contribution in [2.45, 2.75) is 341 Å². The van der Waals surface area contributed by atoms with Crippen molar-refractivity contribution < 1.29 is 80.2 Å². The summed E-state index contributed by atoms with van der Waals surface area (Å²) in [5.74, 6) is -2.21. The van der Waals surface area contributed by atoms with E-state index in [2.05, 4.69) is 125 Å². The fourth-order valence-corrected chi connectivity index (χ4v) is 11.7. The number of ether oxygens (including phenoxy) is 4. The molecule has 0 saturated carbocycles. The highest BCUT2D eigenvalue weighted by molar-refractivity contribution is 7.47. The Balaban J connectivity index is 5.33. The van der Waals surface area contributed by atoms with Crippen molar-refractivity contribution in [2.75, 3.05) is 39.6 Å². The molecule has 0 aliphatic carbocycles. The van der Waals surface area contributed by atoms with Gasteiger partial charge in [0, 0.05) is 25.7 Å². The van der Waals surface area contributed by atoms with Crippen LogP contribution in [0.25, 0.3) is 0 Å². The molecule has 0 heterocycles. The average molecular weight is 1420 g/mol. The average Bonchev–Trinajstić information content (AvgIpc) is 0.966. The molecule has 0 radical (unpaired) electrons. The Kier molecular flexibility index (Phi) is 68.4. The summed E-state index contributed by atoms with van der Waals surface area (Å²) in [4.78, 5) is 72.8. The number of phosphoric acid groups is 2. The van der Waals surface area contributed by atoms with E-state index in [9.17, 15) is 43.2 Å². The molecule has 0 fully saturated rings. The summed E-state index contributed by atoms with van der Waals surface area (Å²) in [6, 6.07) is 0. The topological polar surface area (TPSA) is 237 Å². The maximum atomic E-state index is 13.1. The molecular weight excluding hydrogens is 1280 g/mol. The standard InChI is InChI=1S/C79H138O17P2/c1-5-9-13-17-21-25-29-33-34-35-36-37-38-42-44-48-52-56-60-64-77(82)90-70-75(96-79(84)66-62-58-54-50-46-41-32-28-24-20-16-12-8-4)72-94-98(87,88)92-68-73(80)67-91-97(85,86)93-71-74(95-78(83)65-61-57-53-49-45-40-31-27-23-19-15-11-7-3)69-89-76(81)63-59-55-51-47-43-39-30-26-22-18-14-10-6-2/h9,13-14,16,18,20-21,25-26,28,30,32-34,36-37,73-75,80H,5-8,10-12,15,17,19,22-24,27,29,31,35,38-72H2,1-4H3,(H,85,86)(H,87,88)/b13-9-,18-14-,20-16-,25-21-,30-26-,32-28-,34-33-,37-36-. The monoisotopic (exact) mass is 1420 g/mol. The van der Waals surface area contributed by atoms with E-state index >= 15 is 0 Å². The number of rotatable bonds is 72. The van der Waals surface area contributed by atoms with Crippen molar-refractivity contribution in [3.05, 3.63) is 97.2 Å². The van der Waals surface area contributed by atoms with Crippen LogP contribution >= 0.6 is 15.6 Å². The Morgan fingerprint density at radius 1 is 0.296 bits per heavy atom. The van der Waals surface area contributed by atoms with Crippen LogP contribution in [0.5, 0.6) is 0 Å². The Morgan fingerprint density at radius 3 is 0.857 bits per heavy atom. The van der Waals surface area contributed by atoms with Gasteiger partial charge in [0.15, 0.2) is 12.2 Å². The van der Waals surface area contributed by atoms with E-state index in [0.717, 1.165) is 193 Å². The van der Waals surface area contributed by atoms with Gasteiger partial charge >= 0.3 is 39.5 Å². The number of carbonyl (C=O) groups is 4. The van der Waals surface area contributed by atoms with Crippen LogP contribution in [0.3, 0.4) is 0 Å². The fraction of sp³-hybridized carbons (Fsp3) is 0.747. The molecular formula is C79H138O17P2. The van der Waals surface area contributed by atoms with E-state index in [1.54, 1.807) is 0 Å². The van der Waals surface area contributed by atoms with Crippen LogP contribution in [-0.2, 0) is 65.4 Å². The minimum atomic E-state index is -4.98. The second-order valence-corrected chi connectivity index (χ2v) is 28.5. The summed E-state index contributed by atoms with van der Waals surface area (Å²) >= 11 is 0. The molecule has 3 N–H and O–H groups in total. The molecule has 0 aliphatic heterocycles. The number of hydrogen-bond acceptors (Lipinski definition) is 15. The van der Waals surface area contributed by atoms with Gasteiger partial charge < -0.3 is 33.8 Å². The second kappa shape index (κ2) is 71.4. The van der Waals surface area contributed by atoms with Crippen LogP contribution in [0.1, 0.15) is 323 Å². The number of hydrogen-bond donors (Lipinski definition) is 3. The molecule has 0 spiro atoms. The van der Waals surface area contributed by atoms with Crippen molar-refractivity contribution >= 4 is 39.5 Å². The largest absolute Gasteiger partial charge is 0.472 e. The first-order chi connectivity index (χ1) is 47.7. The quantitative estimate of drug-likeness (QED) is 0.0169. The minimum Gasteiger partial charge on any atom is -0.462 e. The molecule has 5 unspecified atom stereocenters. The van der Waals surface area contributed by atoms with Gasteiger partial charge in [0.05, 0.1) is 26.4 Å². The number of carbonyl (C=O) groups excluding carboxylic acids is 4. The maximum Gasteiger partial charge on any atom is 0.472 e. The summed E-state index contributed by atoms with van der Waals surface area (Å²) in [6.45, 7) is 4.61. The lowest BCUT2D eigenvalue weighted by atomic mass is 10.0. The van der Waals surface area contributed by atoms with Crippen molar-refractivity contribution in [3.63, 3.8) is 0 Å². The molecule has 0 aromatic carbocycles. The highest BCUT2D eigenvalue weighted by Gasteiger charge is 2.30. The predicted molar refractivity (Wildman–Crippen MR) is 399 cm³/mol. The molecule has 5 atom stereocenters. The van der Waals surface area contributed by atoms with Gasteiger partial charge in [-0.05, 0) is 116 Å². The van der Waals surface area contributed by atoms with Crippen LogP contribution in [0, 0.1) is 0 Å². The van der Waals surface area contributed by atoms with Gasteiger partial charge in [-0.3, -0.25) is 37.3 Å². The SMILES string of the molecule is CC/C=C\C/C=C\C/C=C\C/C=C\CCCCCCCCC(=O)OCC(COP(=O)(O)OCC(O)COP(=O)(O)OCC(COC(=O)CCCCCCC/C=C\C/C=C\CCC)OC(=O)CCCCCCCCCCCCCCC)OC(=O)CCCCCCC/C=C\C/C=C\CCC. The molecule has 0 aromatic rings. The maximum absolute atomic E-state index is 13.1. The molecule has 0 aliphatic rings. The van der Waals surface area contributed by atoms with E-state index in [1.165, 1.54) is 51.4 Å². The lowest BCUT2D eigenvalue weighted by Crippen LogP contribution is -2.30. The van der Waals surface area contributed by atoms with Crippen LogP contribution in [-0.4, -0.2) is 96.7 Å². The van der Waals surface area contributed by atoms with Gasteiger partial charge in [0.1, 0.15) is 19.3 Å². The van der Waals surface area contributed by atoms with Crippen LogP contribution in [0.4, 0.5) is 0 Å². The lowest BCUT2D eigenvalue weighted by molar-refractivity contribution is -0.161. The highest BCUT2D eigenvalue weighted by Crippen LogP contribution is 2.45. The fourth-order valence-electron chi connectivity index (χ4n) is 10.2. The molecule has 17 nitrogen and oxygen atoms in total. The van der Waals surface area contributed by atoms with Crippen molar-refractivity contribution in [1.29, 1.82) is 0 Å². The zero-order valence-corrected chi connectivity index (χ0v) is 63.5. The number of allylic oxidation sites excluding steroid dienone is 16. The molecule has 0 bridgehead atoms. The Labute approximate surface area is 595 Å². The van der Waals surface area contributed by atoms with Gasteiger partial charge in [-0.1, -0.05) is 279 Å². The molecule has 566 valence electrons. The van der Waals surface area contributed by atoms with Crippen LogP contribution < -0.4 is 0 Å². The summed E-state index contributed by atoms with van der Waals surface area (Å²) in [6.07, 6.45) is 73.9. The first kappa shape index (κ1) is 94.0. The first-order valence-corrected chi connectivity index (χ1v) is 41.5. The van der Waals surface area contributed by atoms with E-state index < -0.39 is 97.5 Å². The summed E-state index contributed by atoms with van der Waals surface area (Å²) in [5.41, 5.74) is 0. The van der Waals surface area contributed by atoms with Gasteiger partial charge in [0.25, 0.3) is 0 Å². The summed E-state index contributed by atoms with van der Waals surface area (Å²) in [5, 5.41) is 10.6. The van der Waals surface area contributed by atoms with Crippen LogP contribution in [0.2, 0.25) is 0 Å². The number of aliphatic hydroxyl groups excluding tert-OH is 1. The van der Waals surface area contributed by atoms with Crippen molar-refractivity contribution in [1.82, 2.24) is 0 Å². The number of aliphatic hydroxyl groups is 1. The summed E-state index contributed by atoms with van der Waals surface area (Å²) in [7, 11) is -9.95. The Bertz CT molecular complexity index is 2240. The Morgan fingerprint density at radius 2 is 0.551 bits per heavy atom. The molecule has 19 heteroatoms. The Hall–Kier alpha value is -4.02. The zero-order valence-electron chi connectivity index (χ0n) is 61.7. The second-order valence-electron chi connectivity index (χ2n) is 25.6. The third-order valence-electron chi connectivity index (χ3n) is 16.0. The van der Waals surface area contributed by atoms with Gasteiger partial charge in [0.2, 0.25) is 0 Å². The zero-order chi connectivity index (χ0) is 71.8. The molecule has 0 aromatic heterocycles. The van der Waals surface area contributed by atoms with E-state index in [0.29, 0.717) is 25.7 Å². The van der Waals surface area contributed by atoms with E-state index in [1.807, 2.05) is 0 Å². The number of esters is 4. The third-order valence-corrected chi connectivity index (χ3v) is 17.9.